The third-order valence-electron chi connectivity index (χ3n) is 3.25. The molecular formula is C15H17NO. The number of rotatable bonds is 3. The SMILES string of the molecule is C#Cc1ccc(CCN2CCC(=O)CC2)cc1. The number of Topliss-reactive ketones (excluding diaryl/α,β-unsaturated/α-hetero) is 1. The second-order valence-electron chi connectivity index (χ2n) is 4.47. The molecule has 1 aromatic carbocycles. The van der Waals surface area contributed by atoms with Crippen LogP contribution in [0.4, 0.5) is 0 Å². The van der Waals surface area contributed by atoms with Gasteiger partial charge in [0.05, 0.1) is 0 Å². The standard InChI is InChI=1S/C15H17NO/c1-2-13-3-5-14(6-4-13)7-10-16-11-8-15(17)9-12-16/h1,3-6H,7-12H2. The summed E-state index contributed by atoms with van der Waals surface area (Å²) in [6.07, 6.45) is 7.78. The maximum Gasteiger partial charge on any atom is 0.135 e. The van der Waals surface area contributed by atoms with E-state index in [0.717, 1.165) is 44.5 Å². The molecule has 0 unspecified atom stereocenters. The van der Waals surface area contributed by atoms with Crippen LogP contribution < -0.4 is 0 Å². The molecule has 0 aliphatic carbocycles. The van der Waals surface area contributed by atoms with Gasteiger partial charge in [-0.1, -0.05) is 18.1 Å². The van der Waals surface area contributed by atoms with Crippen LogP contribution in [0.3, 0.4) is 0 Å². The number of carbonyl (C=O) groups excluding carboxylic acids is 1. The number of ketones is 1. The molecule has 0 atom stereocenters. The predicted octanol–water partition coefficient (Wildman–Crippen LogP) is 1.88. The molecule has 1 aliphatic rings. The summed E-state index contributed by atoms with van der Waals surface area (Å²) in [7, 11) is 0. The number of carbonyl (C=O) groups is 1. The van der Waals surface area contributed by atoms with Crippen molar-refractivity contribution in [2.75, 3.05) is 19.6 Å². The van der Waals surface area contributed by atoms with E-state index in [-0.39, 0.29) is 0 Å². The first-order valence-corrected chi connectivity index (χ1v) is 6.07. The van der Waals surface area contributed by atoms with E-state index in [0.29, 0.717) is 5.78 Å². The molecule has 0 spiro atoms. The number of piperidine rings is 1. The summed E-state index contributed by atoms with van der Waals surface area (Å²) in [4.78, 5) is 13.5. The first kappa shape index (κ1) is 11.9. The molecule has 1 heterocycles. The van der Waals surface area contributed by atoms with Crippen molar-refractivity contribution < 1.29 is 4.79 Å². The molecule has 0 radical (unpaired) electrons. The van der Waals surface area contributed by atoms with Gasteiger partial charge < -0.3 is 4.90 Å². The fourth-order valence-electron chi connectivity index (χ4n) is 2.08. The number of likely N-dealkylation sites (tertiary alicyclic amines) is 1. The van der Waals surface area contributed by atoms with Crippen molar-refractivity contribution >= 4 is 5.78 Å². The number of hydrogen-bond acceptors (Lipinski definition) is 2. The minimum atomic E-state index is 0.402. The molecule has 17 heavy (non-hydrogen) atoms. The van der Waals surface area contributed by atoms with Gasteiger partial charge in [-0.2, -0.15) is 0 Å². The van der Waals surface area contributed by atoms with Crippen molar-refractivity contribution in [3.63, 3.8) is 0 Å². The minimum Gasteiger partial charge on any atom is -0.302 e. The van der Waals surface area contributed by atoms with Gasteiger partial charge in [0.15, 0.2) is 0 Å². The molecule has 0 aromatic heterocycles. The van der Waals surface area contributed by atoms with E-state index in [1.54, 1.807) is 0 Å². The molecular weight excluding hydrogens is 210 g/mol. The Morgan fingerprint density at radius 3 is 2.41 bits per heavy atom. The normalized spacial score (nSPS) is 16.8. The number of terminal acetylenes is 1. The Hall–Kier alpha value is -1.59. The molecule has 0 amide bonds. The molecule has 1 aliphatic heterocycles. The van der Waals surface area contributed by atoms with Crippen LogP contribution in [0, 0.1) is 12.3 Å². The van der Waals surface area contributed by atoms with E-state index in [4.69, 9.17) is 6.42 Å². The lowest BCUT2D eigenvalue weighted by Crippen LogP contribution is -2.35. The second-order valence-corrected chi connectivity index (χ2v) is 4.47. The maximum atomic E-state index is 11.1. The monoisotopic (exact) mass is 227 g/mol. The number of benzene rings is 1. The summed E-state index contributed by atoms with van der Waals surface area (Å²) in [5.41, 5.74) is 2.23. The molecule has 1 saturated heterocycles. The van der Waals surface area contributed by atoms with Gasteiger partial charge in [-0.05, 0) is 24.1 Å². The molecule has 0 bridgehead atoms. The Bertz CT molecular complexity index is 417. The van der Waals surface area contributed by atoms with Crippen molar-refractivity contribution in [1.29, 1.82) is 0 Å². The van der Waals surface area contributed by atoms with Crippen molar-refractivity contribution in [3.8, 4) is 12.3 Å². The van der Waals surface area contributed by atoms with Crippen LogP contribution >= 0.6 is 0 Å². The Kier molecular flexibility index (Phi) is 3.95. The number of hydrogen-bond donors (Lipinski definition) is 0. The molecule has 2 nitrogen and oxygen atoms in total. The first-order valence-electron chi connectivity index (χ1n) is 6.07. The first-order chi connectivity index (χ1) is 8.28. The highest BCUT2D eigenvalue weighted by Gasteiger charge is 2.15. The van der Waals surface area contributed by atoms with Gasteiger partial charge in [0, 0.05) is 38.0 Å². The van der Waals surface area contributed by atoms with E-state index in [1.165, 1.54) is 5.56 Å². The molecule has 0 saturated carbocycles. The third-order valence-corrected chi connectivity index (χ3v) is 3.25. The number of nitrogens with zero attached hydrogens (tertiary/aromatic N) is 1. The molecule has 1 aromatic rings. The van der Waals surface area contributed by atoms with Crippen LogP contribution in [-0.2, 0) is 11.2 Å². The lowest BCUT2D eigenvalue weighted by atomic mass is 10.1. The van der Waals surface area contributed by atoms with Gasteiger partial charge >= 0.3 is 0 Å². The summed E-state index contributed by atoms with van der Waals surface area (Å²) in [6.45, 7) is 2.87. The molecule has 88 valence electrons. The largest absolute Gasteiger partial charge is 0.302 e. The van der Waals surface area contributed by atoms with E-state index in [9.17, 15) is 4.79 Å². The van der Waals surface area contributed by atoms with Crippen molar-refractivity contribution in [2.24, 2.45) is 0 Å². The Labute approximate surface area is 103 Å². The highest BCUT2D eigenvalue weighted by molar-refractivity contribution is 5.79. The molecule has 2 rings (SSSR count). The summed E-state index contributed by atoms with van der Waals surface area (Å²) in [5, 5.41) is 0. The van der Waals surface area contributed by atoms with E-state index >= 15 is 0 Å². The lowest BCUT2D eigenvalue weighted by molar-refractivity contribution is -0.121. The van der Waals surface area contributed by atoms with Crippen LogP contribution in [0.25, 0.3) is 0 Å². The summed E-state index contributed by atoms with van der Waals surface area (Å²) in [6, 6.07) is 8.14. The maximum absolute atomic E-state index is 11.1. The predicted molar refractivity (Wildman–Crippen MR) is 68.8 cm³/mol. The minimum absolute atomic E-state index is 0.402. The molecule has 2 heteroatoms. The van der Waals surface area contributed by atoms with Crippen LogP contribution in [0.15, 0.2) is 24.3 Å². The zero-order valence-corrected chi connectivity index (χ0v) is 9.98. The van der Waals surface area contributed by atoms with Crippen LogP contribution in [0.5, 0.6) is 0 Å². The lowest BCUT2D eigenvalue weighted by Gasteiger charge is -2.25. The van der Waals surface area contributed by atoms with Crippen LogP contribution in [-0.4, -0.2) is 30.3 Å². The van der Waals surface area contributed by atoms with Crippen LogP contribution in [0.1, 0.15) is 24.0 Å². The van der Waals surface area contributed by atoms with Gasteiger partial charge in [-0.25, -0.2) is 0 Å². The van der Waals surface area contributed by atoms with Crippen molar-refractivity contribution in [3.05, 3.63) is 35.4 Å². The van der Waals surface area contributed by atoms with Crippen LogP contribution in [0.2, 0.25) is 0 Å². The van der Waals surface area contributed by atoms with E-state index in [1.807, 2.05) is 12.1 Å². The van der Waals surface area contributed by atoms with Gasteiger partial charge in [-0.3, -0.25) is 4.79 Å². The van der Waals surface area contributed by atoms with Gasteiger partial charge in [0.1, 0.15) is 5.78 Å². The third kappa shape index (κ3) is 3.44. The fraction of sp³-hybridized carbons (Fsp3) is 0.400. The van der Waals surface area contributed by atoms with Gasteiger partial charge in [-0.15, -0.1) is 6.42 Å². The van der Waals surface area contributed by atoms with Gasteiger partial charge in [0.25, 0.3) is 0 Å². The average molecular weight is 227 g/mol. The average Bonchev–Trinajstić information content (AvgIpc) is 2.39. The zero-order chi connectivity index (χ0) is 12.1. The quantitative estimate of drug-likeness (QED) is 0.735. The van der Waals surface area contributed by atoms with Crippen molar-refractivity contribution in [1.82, 2.24) is 4.90 Å². The Morgan fingerprint density at radius 1 is 1.18 bits per heavy atom. The topological polar surface area (TPSA) is 20.3 Å². The molecule has 0 N–H and O–H groups in total. The highest BCUT2D eigenvalue weighted by Crippen LogP contribution is 2.09. The second kappa shape index (κ2) is 5.65. The fourth-order valence-corrected chi connectivity index (χ4v) is 2.08. The molecule has 1 fully saturated rings. The summed E-state index contributed by atoms with van der Waals surface area (Å²) in [5.74, 6) is 3.02. The summed E-state index contributed by atoms with van der Waals surface area (Å²) < 4.78 is 0. The smallest absolute Gasteiger partial charge is 0.135 e. The van der Waals surface area contributed by atoms with Gasteiger partial charge in [0.2, 0.25) is 0 Å². The highest BCUT2D eigenvalue weighted by atomic mass is 16.1. The van der Waals surface area contributed by atoms with Crippen molar-refractivity contribution in [2.45, 2.75) is 19.3 Å². The zero-order valence-electron chi connectivity index (χ0n) is 9.98. The Balaban J connectivity index is 1.81. The Morgan fingerprint density at radius 2 is 1.82 bits per heavy atom. The van der Waals surface area contributed by atoms with E-state index in [2.05, 4.69) is 23.0 Å². The summed E-state index contributed by atoms with van der Waals surface area (Å²) >= 11 is 0. The van der Waals surface area contributed by atoms with E-state index < -0.39 is 0 Å².